The highest BCUT2D eigenvalue weighted by atomic mass is 16.2. The molecular formula is C17H30N2O. The molecule has 0 aromatic heterocycles. The first-order chi connectivity index (χ1) is 9.60. The van der Waals surface area contributed by atoms with Gasteiger partial charge in [-0.2, -0.15) is 0 Å². The molecule has 3 fully saturated rings. The molecule has 5 atom stereocenters. The highest BCUT2D eigenvalue weighted by molar-refractivity contribution is 5.84. The second-order valence-electron chi connectivity index (χ2n) is 7.64. The van der Waals surface area contributed by atoms with E-state index in [1.54, 1.807) is 0 Å². The van der Waals surface area contributed by atoms with Crippen LogP contribution < -0.4 is 5.32 Å². The van der Waals surface area contributed by atoms with Crippen LogP contribution in [0.5, 0.6) is 0 Å². The van der Waals surface area contributed by atoms with Crippen molar-refractivity contribution in [3.05, 3.63) is 0 Å². The summed E-state index contributed by atoms with van der Waals surface area (Å²) in [4.78, 5) is 15.1. The van der Waals surface area contributed by atoms with E-state index in [4.69, 9.17) is 0 Å². The molecule has 0 aromatic rings. The Kier molecular flexibility index (Phi) is 4.07. The van der Waals surface area contributed by atoms with Gasteiger partial charge in [0, 0.05) is 6.04 Å². The van der Waals surface area contributed by atoms with Crippen molar-refractivity contribution >= 4 is 5.91 Å². The molecule has 0 aromatic carbocycles. The largest absolute Gasteiger partial charge is 0.323 e. The predicted molar refractivity (Wildman–Crippen MR) is 81.2 cm³/mol. The van der Waals surface area contributed by atoms with Crippen molar-refractivity contribution in [1.82, 2.24) is 10.2 Å². The first kappa shape index (κ1) is 14.4. The van der Waals surface area contributed by atoms with Crippen molar-refractivity contribution in [2.45, 2.75) is 84.0 Å². The Balaban J connectivity index is 1.75. The molecule has 3 rings (SSSR count). The van der Waals surface area contributed by atoms with Gasteiger partial charge in [0.1, 0.15) is 0 Å². The SMILES string of the molecule is CCCC1NC(CC(C)C)N(C2CC3CCC2C3)C1=O. The topological polar surface area (TPSA) is 32.3 Å². The van der Waals surface area contributed by atoms with Crippen LogP contribution in [0.3, 0.4) is 0 Å². The predicted octanol–water partition coefficient (Wildman–Crippen LogP) is 3.15. The molecule has 3 heteroatoms. The third-order valence-electron chi connectivity index (χ3n) is 5.61. The van der Waals surface area contributed by atoms with E-state index in [2.05, 4.69) is 31.0 Å². The molecule has 1 aliphatic heterocycles. The molecule has 3 aliphatic rings. The highest BCUT2D eigenvalue weighted by Gasteiger charge is 2.49. The van der Waals surface area contributed by atoms with Gasteiger partial charge in [-0.1, -0.05) is 33.6 Å². The van der Waals surface area contributed by atoms with Gasteiger partial charge in [-0.05, 0) is 49.9 Å². The van der Waals surface area contributed by atoms with Crippen LogP contribution >= 0.6 is 0 Å². The summed E-state index contributed by atoms with van der Waals surface area (Å²) >= 11 is 0. The molecule has 1 heterocycles. The smallest absolute Gasteiger partial charge is 0.241 e. The average Bonchev–Trinajstić information content (AvgIpc) is 3.05. The van der Waals surface area contributed by atoms with E-state index in [-0.39, 0.29) is 6.04 Å². The Morgan fingerprint density at radius 1 is 1.30 bits per heavy atom. The van der Waals surface area contributed by atoms with Crippen LogP contribution in [0.1, 0.15) is 65.7 Å². The third kappa shape index (κ3) is 2.49. The number of hydrogen-bond acceptors (Lipinski definition) is 2. The minimum atomic E-state index is 0.0860. The van der Waals surface area contributed by atoms with Gasteiger partial charge in [-0.25, -0.2) is 0 Å². The van der Waals surface area contributed by atoms with Crippen molar-refractivity contribution in [3.8, 4) is 0 Å². The monoisotopic (exact) mass is 278 g/mol. The van der Waals surface area contributed by atoms with Gasteiger partial charge < -0.3 is 4.90 Å². The minimum Gasteiger partial charge on any atom is -0.323 e. The van der Waals surface area contributed by atoms with Crippen LogP contribution in [-0.4, -0.2) is 29.1 Å². The van der Waals surface area contributed by atoms with Crippen LogP contribution in [0.4, 0.5) is 0 Å². The summed E-state index contributed by atoms with van der Waals surface area (Å²) in [6.07, 6.45) is 8.87. The molecule has 2 bridgehead atoms. The van der Waals surface area contributed by atoms with Crippen LogP contribution in [0.15, 0.2) is 0 Å². The lowest BCUT2D eigenvalue weighted by molar-refractivity contribution is -0.133. The maximum Gasteiger partial charge on any atom is 0.241 e. The normalized spacial score (nSPS) is 40.3. The van der Waals surface area contributed by atoms with Crippen LogP contribution in [0, 0.1) is 17.8 Å². The van der Waals surface area contributed by atoms with E-state index in [0.717, 1.165) is 31.1 Å². The van der Waals surface area contributed by atoms with Gasteiger partial charge in [-0.3, -0.25) is 10.1 Å². The van der Waals surface area contributed by atoms with Crippen LogP contribution in [0.25, 0.3) is 0 Å². The van der Waals surface area contributed by atoms with Crippen LogP contribution in [-0.2, 0) is 4.79 Å². The standard InChI is InChI=1S/C17H30N2O/c1-4-5-14-17(20)19(16(18-14)8-11(2)3)15-10-12-6-7-13(15)9-12/h11-16,18H,4-10H2,1-3H3. The molecule has 3 nitrogen and oxygen atoms in total. The molecule has 114 valence electrons. The van der Waals surface area contributed by atoms with Gasteiger partial charge >= 0.3 is 0 Å². The van der Waals surface area contributed by atoms with Gasteiger partial charge in [0.05, 0.1) is 12.2 Å². The molecule has 5 unspecified atom stereocenters. The number of amides is 1. The van der Waals surface area contributed by atoms with Crippen molar-refractivity contribution in [1.29, 1.82) is 0 Å². The Hall–Kier alpha value is -0.570. The van der Waals surface area contributed by atoms with Gasteiger partial charge in [0.25, 0.3) is 0 Å². The zero-order valence-corrected chi connectivity index (χ0v) is 13.3. The fourth-order valence-electron chi connectivity index (χ4n) is 4.79. The fraction of sp³-hybridized carbons (Fsp3) is 0.941. The van der Waals surface area contributed by atoms with Gasteiger partial charge in [0.2, 0.25) is 5.91 Å². The molecule has 2 aliphatic carbocycles. The van der Waals surface area contributed by atoms with E-state index in [1.165, 1.54) is 25.7 Å². The maximum atomic E-state index is 12.8. The highest BCUT2D eigenvalue weighted by Crippen LogP contribution is 2.48. The number of nitrogens with zero attached hydrogens (tertiary/aromatic N) is 1. The van der Waals surface area contributed by atoms with E-state index in [1.807, 2.05) is 0 Å². The zero-order valence-electron chi connectivity index (χ0n) is 13.3. The molecule has 0 radical (unpaired) electrons. The lowest BCUT2D eigenvalue weighted by Gasteiger charge is -2.36. The molecular weight excluding hydrogens is 248 g/mol. The van der Waals surface area contributed by atoms with Gasteiger partial charge in [0.15, 0.2) is 0 Å². The van der Waals surface area contributed by atoms with Crippen molar-refractivity contribution in [3.63, 3.8) is 0 Å². The quantitative estimate of drug-likeness (QED) is 0.838. The Morgan fingerprint density at radius 3 is 2.65 bits per heavy atom. The van der Waals surface area contributed by atoms with Crippen molar-refractivity contribution in [2.24, 2.45) is 17.8 Å². The Labute approximate surface area is 123 Å². The van der Waals surface area contributed by atoms with Gasteiger partial charge in [-0.15, -0.1) is 0 Å². The molecule has 1 saturated heterocycles. The number of carbonyl (C=O) groups is 1. The maximum absolute atomic E-state index is 12.8. The average molecular weight is 278 g/mol. The molecule has 2 saturated carbocycles. The van der Waals surface area contributed by atoms with E-state index in [9.17, 15) is 4.79 Å². The molecule has 20 heavy (non-hydrogen) atoms. The van der Waals surface area contributed by atoms with E-state index < -0.39 is 0 Å². The molecule has 1 amide bonds. The summed E-state index contributed by atoms with van der Waals surface area (Å²) < 4.78 is 0. The lowest BCUT2D eigenvalue weighted by atomic mass is 9.93. The first-order valence-corrected chi connectivity index (χ1v) is 8.68. The van der Waals surface area contributed by atoms with Crippen LogP contribution in [0.2, 0.25) is 0 Å². The Morgan fingerprint density at radius 2 is 2.10 bits per heavy atom. The fourth-order valence-corrected chi connectivity index (χ4v) is 4.79. The second-order valence-corrected chi connectivity index (χ2v) is 7.64. The molecule has 0 spiro atoms. The summed E-state index contributed by atoms with van der Waals surface area (Å²) in [5, 5.41) is 3.64. The van der Waals surface area contributed by atoms with Crippen molar-refractivity contribution in [2.75, 3.05) is 0 Å². The number of nitrogens with one attached hydrogen (secondary N) is 1. The Bertz CT molecular complexity index is 368. The summed E-state index contributed by atoms with van der Waals surface area (Å²) in [5.74, 6) is 2.74. The van der Waals surface area contributed by atoms with Crippen molar-refractivity contribution < 1.29 is 4.79 Å². The summed E-state index contributed by atoms with van der Waals surface area (Å²) in [5.41, 5.74) is 0. The summed E-state index contributed by atoms with van der Waals surface area (Å²) in [6.45, 7) is 6.70. The third-order valence-corrected chi connectivity index (χ3v) is 5.61. The number of rotatable bonds is 5. The zero-order chi connectivity index (χ0) is 14.3. The lowest BCUT2D eigenvalue weighted by Crippen LogP contribution is -2.47. The number of carbonyl (C=O) groups excluding carboxylic acids is 1. The summed E-state index contributed by atoms with van der Waals surface area (Å²) in [7, 11) is 0. The molecule has 1 N–H and O–H groups in total. The van der Waals surface area contributed by atoms with E-state index >= 15 is 0 Å². The number of hydrogen-bond donors (Lipinski definition) is 1. The minimum absolute atomic E-state index is 0.0860. The summed E-state index contributed by atoms with van der Waals surface area (Å²) in [6, 6.07) is 0.627. The van der Waals surface area contributed by atoms with E-state index in [0.29, 0.717) is 24.0 Å². The number of fused-ring (bicyclic) bond motifs is 2. The second kappa shape index (κ2) is 5.67. The first-order valence-electron chi connectivity index (χ1n) is 8.68.